The van der Waals surface area contributed by atoms with E-state index in [9.17, 15) is 0 Å². The zero-order valence-corrected chi connectivity index (χ0v) is 6.03. The van der Waals surface area contributed by atoms with Crippen molar-refractivity contribution in [2.75, 3.05) is 5.73 Å². The molecule has 0 aromatic carbocycles. The first-order valence-electron chi connectivity index (χ1n) is 3.25. The van der Waals surface area contributed by atoms with Crippen LogP contribution >= 0.6 is 0 Å². The number of nitrogens with zero attached hydrogens (tertiary/aromatic N) is 2. The lowest BCUT2D eigenvalue weighted by atomic mass is 10.3. The number of hydrogen-bond acceptors (Lipinski definition) is 4. The highest BCUT2D eigenvalue weighted by Gasteiger charge is 2.05. The van der Waals surface area contributed by atoms with Crippen LogP contribution in [0.5, 0.6) is 0 Å². The SMILES string of the molecule is Cc1nccc2c(N)noc12. The normalized spacial score (nSPS) is 10.6. The molecule has 0 radical (unpaired) electrons. The van der Waals surface area contributed by atoms with Gasteiger partial charge in [0.15, 0.2) is 11.4 Å². The first-order chi connectivity index (χ1) is 5.29. The fourth-order valence-electron chi connectivity index (χ4n) is 1.01. The number of fused-ring (bicyclic) bond motifs is 1. The van der Waals surface area contributed by atoms with Gasteiger partial charge in [-0.15, -0.1) is 0 Å². The van der Waals surface area contributed by atoms with E-state index in [0.717, 1.165) is 11.1 Å². The van der Waals surface area contributed by atoms with Gasteiger partial charge in [0, 0.05) is 6.20 Å². The third kappa shape index (κ3) is 0.756. The second-order valence-corrected chi connectivity index (χ2v) is 2.34. The second-order valence-electron chi connectivity index (χ2n) is 2.34. The lowest BCUT2D eigenvalue weighted by Gasteiger charge is -1.89. The summed E-state index contributed by atoms with van der Waals surface area (Å²) in [5.74, 6) is 0.422. The highest BCUT2D eigenvalue weighted by Crippen LogP contribution is 2.20. The van der Waals surface area contributed by atoms with Crippen molar-refractivity contribution in [3.05, 3.63) is 18.0 Å². The fourth-order valence-corrected chi connectivity index (χ4v) is 1.01. The van der Waals surface area contributed by atoms with Gasteiger partial charge in [0.05, 0.1) is 11.1 Å². The minimum Gasteiger partial charge on any atom is -0.380 e. The molecule has 2 aromatic rings. The molecule has 0 bridgehead atoms. The highest BCUT2D eigenvalue weighted by molar-refractivity contribution is 5.87. The van der Waals surface area contributed by atoms with E-state index in [0.29, 0.717) is 11.4 Å². The molecule has 2 aromatic heterocycles. The van der Waals surface area contributed by atoms with Crippen molar-refractivity contribution < 1.29 is 4.52 Å². The van der Waals surface area contributed by atoms with E-state index in [4.69, 9.17) is 10.3 Å². The van der Waals surface area contributed by atoms with E-state index >= 15 is 0 Å². The summed E-state index contributed by atoms with van der Waals surface area (Å²) in [5, 5.41) is 4.45. The second kappa shape index (κ2) is 1.95. The molecule has 2 N–H and O–H groups in total. The van der Waals surface area contributed by atoms with E-state index < -0.39 is 0 Å². The molecule has 0 saturated heterocycles. The number of rotatable bonds is 0. The molecule has 2 heterocycles. The van der Waals surface area contributed by atoms with Gasteiger partial charge in [-0.05, 0) is 13.0 Å². The summed E-state index contributed by atoms with van der Waals surface area (Å²) in [6.45, 7) is 1.85. The Morgan fingerprint density at radius 1 is 1.55 bits per heavy atom. The third-order valence-electron chi connectivity index (χ3n) is 1.59. The Bertz CT molecular complexity index is 393. The summed E-state index contributed by atoms with van der Waals surface area (Å²) < 4.78 is 4.94. The standard InChI is InChI=1S/C7H7N3O/c1-4-6-5(2-3-9-4)7(8)10-11-6/h2-3H,1H3,(H2,8,10). The van der Waals surface area contributed by atoms with Crippen molar-refractivity contribution in [3.8, 4) is 0 Å². The number of nitrogens with two attached hydrogens (primary N) is 1. The van der Waals surface area contributed by atoms with Crippen LogP contribution in [0.1, 0.15) is 5.69 Å². The maximum atomic E-state index is 5.51. The van der Waals surface area contributed by atoms with E-state index in [1.807, 2.05) is 6.92 Å². The Hall–Kier alpha value is -1.58. The summed E-state index contributed by atoms with van der Waals surface area (Å²) in [6.07, 6.45) is 1.69. The molecule has 56 valence electrons. The van der Waals surface area contributed by atoms with Crippen LogP contribution in [0.2, 0.25) is 0 Å². The molecular weight excluding hydrogens is 142 g/mol. The number of nitrogen functional groups attached to an aromatic ring is 1. The summed E-state index contributed by atoms with van der Waals surface area (Å²) in [7, 11) is 0. The molecule has 0 saturated carbocycles. The largest absolute Gasteiger partial charge is 0.380 e. The molecular formula is C7H7N3O. The minimum absolute atomic E-state index is 0.422. The van der Waals surface area contributed by atoms with Gasteiger partial charge in [-0.25, -0.2) is 0 Å². The van der Waals surface area contributed by atoms with Gasteiger partial charge in [-0.1, -0.05) is 5.16 Å². The van der Waals surface area contributed by atoms with Crippen molar-refractivity contribution in [3.63, 3.8) is 0 Å². The molecule has 0 spiro atoms. The smallest absolute Gasteiger partial charge is 0.190 e. The molecule has 0 unspecified atom stereocenters. The van der Waals surface area contributed by atoms with E-state index in [1.54, 1.807) is 12.3 Å². The van der Waals surface area contributed by atoms with Crippen LogP contribution in [0.4, 0.5) is 5.82 Å². The lowest BCUT2D eigenvalue weighted by molar-refractivity contribution is 0.458. The average molecular weight is 149 g/mol. The van der Waals surface area contributed by atoms with Crippen molar-refractivity contribution in [1.82, 2.24) is 10.1 Å². The van der Waals surface area contributed by atoms with Crippen molar-refractivity contribution in [2.24, 2.45) is 0 Å². The Kier molecular flexibility index (Phi) is 1.09. The number of hydrogen-bond donors (Lipinski definition) is 1. The highest BCUT2D eigenvalue weighted by atomic mass is 16.5. The topological polar surface area (TPSA) is 64.9 Å². The lowest BCUT2D eigenvalue weighted by Crippen LogP contribution is -1.84. The van der Waals surface area contributed by atoms with Gasteiger partial charge >= 0.3 is 0 Å². The molecule has 0 atom stereocenters. The predicted molar refractivity (Wildman–Crippen MR) is 41.0 cm³/mol. The predicted octanol–water partition coefficient (Wildman–Crippen LogP) is 1.11. The minimum atomic E-state index is 0.422. The summed E-state index contributed by atoms with van der Waals surface area (Å²) in [4.78, 5) is 4.03. The summed E-state index contributed by atoms with van der Waals surface area (Å²) in [5.41, 5.74) is 7.00. The van der Waals surface area contributed by atoms with E-state index in [2.05, 4.69) is 10.1 Å². The van der Waals surface area contributed by atoms with Gasteiger partial charge in [0.2, 0.25) is 0 Å². The monoisotopic (exact) mass is 149 g/mol. The van der Waals surface area contributed by atoms with Crippen LogP contribution in [0.3, 0.4) is 0 Å². The average Bonchev–Trinajstić information content (AvgIpc) is 2.35. The Labute approximate surface area is 63.0 Å². The first-order valence-corrected chi connectivity index (χ1v) is 3.25. The van der Waals surface area contributed by atoms with Gasteiger partial charge in [-0.3, -0.25) is 4.98 Å². The maximum Gasteiger partial charge on any atom is 0.190 e. The quantitative estimate of drug-likeness (QED) is 0.609. The zero-order chi connectivity index (χ0) is 7.84. The van der Waals surface area contributed by atoms with Crippen molar-refractivity contribution in [1.29, 1.82) is 0 Å². The molecule has 0 aliphatic carbocycles. The zero-order valence-electron chi connectivity index (χ0n) is 6.03. The number of aryl methyl sites for hydroxylation is 1. The molecule has 11 heavy (non-hydrogen) atoms. The molecule has 4 heteroatoms. The molecule has 0 fully saturated rings. The van der Waals surface area contributed by atoms with Crippen LogP contribution in [-0.2, 0) is 0 Å². The molecule has 4 nitrogen and oxygen atoms in total. The van der Waals surface area contributed by atoms with Crippen molar-refractivity contribution >= 4 is 16.8 Å². The fraction of sp³-hybridized carbons (Fsp3) is 0.143. The van der Waals surface area contributed by atoms with Crippen molar-refractivity contribution in [2.45, 2.75) is 6.92 Å². The Morgan fingerprint density at radius 3 is 3.09 bits per heavy atom. The Balaban J connectivity index is 2.94. The van der Waals surface area contributed by atoms with Crippen LogP contribution in [0.15, 0.2) is 16.8 Å². The number of aromatic nitrogens is 2. The first kappa shape index (κ1) is 6.15. The molecule has 0 aliphatic heterocycles. The summed E-state index contributed by atoms with van der Waals surface area (Å²) >= 11 is 0. The maximum absolute atomic E-state index is 5.51. The number of pyridine rings is 1. The number of anilines is 1. The Morgan fingerprint density at radius 2 is 2.36 bits per heavy atom. The molecule has 2 rings (SSSR count). The van der Waals surface area contributed by atoms with Gasteiger partial charge in [0.1, 0.15) is 0 Å². The van der Waals surface area contributed by atoms with Gasteiger partial charge < -0.3 is 10.3 Å². The molecule has 0 aliphatic rings. The van der Waals surface area contributed by atoms with Crippen LogP contribution in [-0.4, -0.2) is 10.1 Å². The van der Waals surface area contributed by atoms with Gasteiger partial charge in [0.25, 0.3) is 0 Å². The van der Waals surface area contributed by atoms with Crippen LogP contribution in [0, 0.1) is 6.92 Å². The van der Waals surface area contributed by atoms with E-state index in [-0.39, 0.29) is 0 Å². The third-order valence-corrected chi connectivity index (χ3v) is 1.59. The van der Waals surface area contributed by atoms with Crippen LogP contribution in [0.25, 0.3) is 11.0 Å². The van der Waals surface area contributed by atoms with Gasteiger partial charge in [-0.2, -0.15) is 0 Å². The van der Waals surface area contributed by atoms with E-state index in [1.165, 1.54) is 0 Å². The molecule has 0 amide bonds. The summed E-state index contributed by atoms with van der Waals surface area (Å²) in [6, 6.07) is 1.79. The van der Waals surface area contributed by atoms with Crippen LogP contribution < -0.4 is 5.73 Å².